The second-order valence-electron chi connectivity index (χ2n) is 6.51. The fraction of sp³-hybridized carbons (Fsp3) is 0.400. The molecule has 0 fully saturated rings. The van der Waals surface area contributed by atoms with Gasteiger partial charge in [0, 0.05) is 16.5 Å². The number of hydrogen-bond donors (Lipinski definition) is 1. The van der Waals surface area contributed by atoms with Gasteiger partial charge in [-0.3, -0.25) is 0 Å². The van der Waals surface area contributed by atoms with E-state index in [1.807, 2.05) is 13.8 Å². The van der Waals surface area contributed by atoms with Crippen molar-refractivity contribution in [3.05, 3.63) is 64.7 Å². The third-order valence-electron chi connectivity index (χ3n) is 5.47. The molecule has 2 N–H and O–H groups in total. The van der Waals surface area contributed by atoms with E-state index in [1.54, 1.807) is 0 Å². The van der Waals surface area contributed by atoms with Crippen LogP contribution in [-0.4, -0.2) is 0 Å². The molecule has 1 nitrogen and oxygen atoms in total. The first-order valence-electron chi connectivity index (χ1n) is 8.06. The van der Waals surface area contributed by atoms with E-state index < -0.39 is 0 Å². The molecule has 0 heterocycles. The Labute approximate surface area is 128 Å². The summed E-state index contributed by atoms with van der Waals surface area (Å²) in [6, 6.07) is 15.5. The summed E-state index contributed by atoms with van der Waals surface area (Å²) in [6.07, 6.45) is 2.45. The van der Waals surface area contributed by atoms with Crippen LogP contribution in [0, 0.1) is 0 Å². The first-order valence-corrected chi connectivity index (χ1v) is 8.06. The molecule has 5 rings (SSSR count). The van der Waals surface area contributed by atoms with Crippen molar-refractivity contribution in [1.29, 1.82) is 0 Å². The maximum Gasteiger partial charge on any atom is 0.0317 e. The number of anilines is 1. The van der Waals surface area contributed by atoms with Crippen LogP contribution in [0.3, 0.4) is 0 Å². The van der Waals surface area contributed by atoms with E-state index in [9.17, 15) is 0 Å². The van der Waals surface area contributed by atoms with Gasteiger partial charge >= 0.3 is 0 Å². The number of hydrogen-bond acceptors (Lipinski definition) is 1. The molecule has 3 aliphatic rings. The minimum atomic E-state index is 0.138. The van der Waals surface area contributed by atoms with E-state index in [4.69, 9.17) is 5.73 Å². The minimum absolute atomic E-state index is 0.138. The Bertz CT molecular complexity index is 688. The molecular weight excluding hydrogens is 254 g/mol. The third kappa shape index (κ3) is 1.70. The number of benzene rings is 2. The summed E-state index contributed by atoms with van der Waals surface area (Å²) in [5, 5.41) is 0. The normalized spacial score (nSPS) is 28.2. The van der Waals surface area contributed by atoms with Crippen LogP contribution in [0.1, 0.15) is 62.8 Å². The van der Waals surface area contributed by atoms with E-state index in [2.05, 4.69) is 56.3 Å². The average molecular weight is 279 g/mol. The van der Waals surface area contributed by atoms with Crippen molar-refractivity contribution in [1.82, 2.24) is 0 Å². The predicted molar refractivity (Wildman–Crippen MR) is 90.8 cm³/mol. The lowest BCUT2D eigenvalue weighted by Crippen LogP contribution is -2.46. The Kier molecular flexibility index (Phi) is 3.12. The van der Waals surface area contributed by atoms with Gasteiger partial charge in [-0.15, -0.1) is 0 Å². The van der Waals surface area contributed by atoms with Crippen LogP contribution < -0.4 is 5.73 Å². The van der Waals surface area contributed by atoms with Gasteiger partial charge in [0.1, 0.15) is 0 Å². The van der Waals surface area contributed by atoms with Crippen LogP contribution in [0.4, 0.5) is 5.69 Å². The molecule has 2 unspecified atom stereocenters. The molecule has 2 bridgehead atoms. The van der Waals surface area contributed by atoms with Crippen molar-refractivity contribution >= 4 is 5.69 Å². The van der Waals surface area contributed by atoms with Gasteiger partial charge in [-0.05, 0) is 47.2 Å². The largest absolute Gasteiger partial charge is 0.399 e. The molecular formula is C20H25N. The van der Waals surface area contributed by atoms with E-state index in [-0.39, 0.29) is 10.8 Å². The summed E-state index contributed by atoms with van der Waals surface area (Å²) in [6.45, 7) is 8.77. The highest BCUT2D eigenvalue weighted by molar-refractivity contribution is 5.64. The SMILES string of the molecule is CC.CC12CCC(C)(c3ccccc31)c1cc(N)ccc12. The molecule has 0 spiro atoms. The minimum Gasteiger partial charge on any atom is -0.399 e. The lowest BCUT2D eigenvalue weighted by Gasteiger charge is -2.53. The Hall–Kier alpha value is -1.76. The Morgan fingerprint density at radius 3 is 1.81 bits per heavy atom. The van der Waals surface area contributed by atoms with Gasteiger partial charge in [0.15, 0.2) is 0 Å². The third-order valence-corrected chi connectivity index (χ3v) is 5.47. The number of nitrogens with two attached hydrogens (primary N) is 1. The molecule has 0 saturated carbocycles. The molecule has 2 atom stereocenters. The van der Waals surface area contributed by atoms with Gasteiger partial charge in [0.25, 0.3) is 0 Å². The summed E-state index contributed by atoms with van der Waals surface area (Å²) in [4.78, 5) is 0. The molecule has 0 aliphatic heterocycles. The molecule has 2 aromatic carbocycles. The fourth-order valence-corrected chi connectivity index (χ4v) is 4.27. The molecule has 3 aliphatic carbocycles. The van der Waals surface area contributed by atoms with Crippen LogP contribution in [0.5, 0.6) is 0 Å². The number of nitrogen functional groups attached to an aromatic ring is 1. The van der Waals surface area contributed by atoms with Crippen LogP contribution in [-0.2, 0) is 10.8 Å². The fourth-order valence-electron chi connectivity index (χ4n) is 4.27. The molecule has 0 aromatic heterocycles. The van der Waals surface area contributed by atoms with Crippen LogP contribution in [0.25, 0.3) is 0 Å². The van der Waals surface area contributed by atoms with Crippen LogP contribution in [0.2, 0.25) is 0 Å². The van der Waals surface area contributed by atoms with Crippen molar-refractivity contribution < 1.29 is 0 Å². The highest BCUT2D eigenvalue weighted by Gasteiger charge is 2.50. The van der Waals surface area contributed by atoms with Gasteiger partial charge in [0.2, 0.25) is 0 Å². The van der Waals surface area contributed by atoms with Gasteiger partial charge < -0.3 is 5.73 Å². The zero-order valence-electron chi connectivity index (χ0n) is 13.5. The highest BCUT2D eigenvalue weighted by atomic mass is 14.6. The van der Waals surface area contributed by atoms with Crippen LogP contribution >= 0.6 is 0 Å². The highest BCUT2D eigenvalue weighted by Crippen LogP contribution is 2.59. The van der Waals surface area contributed by atoms with Gasteiger partial charge in [0.05, 0.1) is 0 Å². The van der Waals surface area contributed by atoms with Gasteiger partial charge in [-0.2, -0.15) is 0 Å². The zero-order valence-corrected chi connectivity index (χ0v) is 13.5. The molecule has 2 aromatic rings. The van der Waals surface area contributed by atoms with Gasteiger partial charge in [-0.25, -0.2) is 0 Å². The summed E-state index contributed by atoms with van der Waals surface area (Å²) < 4.78 is 0. The maximum atomic E-state index is 6.04. The van der Waals surface area contributed by atoms with Crippen molar-refractivity contribution in [3.8, 4) is 0 Å². The average Bonchev–Trinajstić information content (AvgIpc) is 2.52. The first-order chi connectivity index (χ1) is 10.1. The lowest BCUT2D eigenvalue weighted by atomic mass is 9.50. The molecule has 0 radical (unpaired) electrons. The number of rotatable bonds is 0. The zero-order chi connectivity index (χ0) is 15.3. The predicted octanol–water partition coefficient (Wildman–Crippen LogP) is 5.01. The summed E-state index contributed by atoms with van der Waals surface area (Å²) >= 11 is 0. The smallest absolute Gasteiger partial charge is 0.0317 e. The second-order valence-corrected chi connectivity index (χ2v) is 6.51. The Balaban J connectivity index is 0.000000636. The monoisotopic (exact) mass is 279 g/mol. The molecule has 110 valence electrons. The maximum absolute atomic E-state index is 6.04. The van der Waals surface area contributed by atoms with Crippen molar-refractivity contribution in [2.24, 2.45) is 0 Å². The van der Waals surface area contributed by atoms with E-state index in [0.717, 1.165) is 5.69 Å². The van der Waals surface area contributed by atoms with E-state index >= 15 is 0 Å². The summed E-state index contributed by atoms with van der Waals surface area (Å²) in [5.41, 5.74) is 13.2. The van der Waals surface area contributed by atoms with E-state index in [0.29, 0.717) is 0 Å². The molecule has 0 saturated heterocycles. The Morgan fingerprint density at radius 2 is 1.24 bits per heavy atom. The van der Waals surface area contributed by atoms with E-state index in [1.165, 1.54) is 35.1 Å². The van der Waals surface area contributed by atoms with Crippen molar-refractivity contribution in [2.45, 2.75) is 51.4 Å². The summed E-state index contributed by atoms with van der Waals surface area (Å²) in [5.74, 6) is 0. The number of fused-ring (bicyclic) bond motifs is 1. The van der Waals surface area contributed by atoms with Gasteiger partial charge in [-0.1, -0.05) is 58.0 Å². The standard InChI is InChI=1S/C18H19N.C2H6/c1-17-9-10-18(2,14-6-4-3-5-13(14)17)16-11-12(19)7-8-15(16)17;1-2/h3-8,11H,9-10,19H2,1-2H3;1-2H3. The lowest BCUT2D eigenvalue weighted by molar-refractivity contribution is 0.327. The topological polar surface area (TPSA) is 26.0 Å². The molecule has 0 amide bonds. The second kappa shape index (κ2) is 4.62. The van der Waals surface area contributed by atoms with Crippen LogP contribution in [0.15, 0.2) is 42.5 Å². The quantitative estimate of drug-likeness (QED) is 0.674. The molecule has 1 heteroatoms. The Morgan fingerprint density at radius 1 is 0.762 bits per heavy atom. The molecule has 21 heavy (non-hydrogen) atoms. The summed E-state index contributed by atoms with van der Waals surface area (Å²) in [7, 11) is 0. The van der Waals surface area contributed by atoms with Crippen molar-refractivity contribution in [3.63, 3.8) is 0 Å². The van der Waals surface area contributed by atoms with Crippen molar-refractivity contribution in [2.75, 3.05) is 5.73 Å². The first kappa shape index (κ1) is 14.2.